The van der Waals surface area contributed by atoms with Crippen LogP contribution in [0.1, 0.15) is 5.69 Å². The summed E-state index contributed by atoms with van der Waals surface area (Å²) in [6, 6.07) is 3.50. The number of carboxylic acids is 1. The smallest absolute Gasteiger partial charge is 0.323 e. The first-order valence-electron chi connectivity index (χ1n) is 4.16. The van der Waals surface area contributed by atoms with Gasteiger partial charge in [0.05, 0.1) is 5.69 Å². The van der Waals surface area contributed by atoms with E-state index < -0.39 is 5.97 Å². The number of pyridine rings is 1. The van der Waals surface area contributed by atoms with Crippen molar-refractivity contribution in [3.63, 3.8) is 0 Å². The van der Waals surface area contributed by atoms with Crippen LogP contribution in [0.4, 0.5) is 11.5 Å². The maximum absolute atomic E-state index is 10.5. The zero-order valence-electron chi connectivity index (χ0n) is 8.19. The van der Waals surface area contributed by atoms with Crippen molar-refractivity contribution in [2.24, 2.45) is 0 Å². The second-order valence-corrected chi connectivity index (χ2v) is 3.12. The Morgan fingerprint density at radius 3 is 2.86 bits per heavy atom. The number of aromatic nitrogens is 1. The van der Waals surface area contributed by atoms with Crippen LogP contribution in [0, 0.1) is 6.92 Å². The van der Waals surface area contributed by atoms with Crippen LogP contribution in [-0.2, 0) is 4.79 Å². The predicted octanol–water partition coefficient (Wildman–Crippen LogP) is 0.493. The van der Waals surface area contributed by atoms with E-state index in [9.17, 15) is 4.79 Å². The molecule has 0 saturated carbocycles. The van der Waals surface area contributed by atoms with Crippen LogP contribution in [0.25, 0.3) is 0 Å². The standard InChI is InChI=1S/C9H13N3O2/c1-6-3-4-7(10)9(11-6)12(2)5-8(13)14/h3-4H,5,10H2,1-2H3,(H,13,14). The molecular weight excluding hydrogens is 182 g/mol. The van der Waals surface area contributed by atoms with Crippen LogP contribution in [0.3, 0.4) is 0 Å². The zero-order valence-corrected chi connectivity index (χ0v) is 8.19. The van der Waals surface area contributed by atoms with Gasteiger partial charge in [-0.05, 0) is 19.1 Å². The highest BCUT2D eigenvalue weighted by Crippen LogP contribution is 2.18. The van der Waals surface area contributed by atoms with E-state index in [-0.39, 0.29) is 6.54 Å². The molecule has 1 heterocycles. The molecule has 3 N–H and O–H groups in total. The van der Waals surface area contributed by atoms with Gasteiger partial charge in [0.25, 0.3) is 0 Å². The fourth-order valence-corrected chi connectivity index (χ4v) is 1.14. The molecule has 5 heteroatoms. The highest BCUT2D eigenvalue weighted by Gasteiger charge is 2.10. The monoisotopic (exact) mass is 195 g/mol. The second kappa shape index (κ2) is 3.95. The van der Waals surface area contributed by atoms with Crippen molar-refractivity contribution >= 4 is 17.5 Å². The first-order chi connectivity index (χ1) is 6.50. The van der Waals surface area contributed by atoms with E-state index in [1.165, 1.54) is 4.90 Å². The third-order valence-corrected chi connectivity index (χ3v) is 1.78. The Morgan fingerprint density at radius 1 is 1.64 bits per heavy atom. The molecule has 1 aromatic heterocycles. The number of anilines is 2. The first-order valence-corrected chi connectivity index (χ1v) is 4.16. The Kier molecular flexibility index (Phi) is 2.91. The average Bonchev–Trinajstić information content (AvgIpc) is 2.08. The van der Waals surface area contributed by atoms with Gasteiger partial charge in [0, 0.05) is 12.7 Å². The topological polar surface area (TPSA) is 79.5 Å². The highest BCUT2D eigenvalue weighted by atomic mass is 16.4. The number of aryl methyl sites for hydroxylation is 1. The summed E-state index contributed by atoms with van der Waals surface area (Å²) in [5, 5.41) is 8.60. The Balaban J connectivity index is 2.93. The maximum atomic E-state index is 10.5. The van der Waals surface area contributed by atoms with E-state index in [1.54, 1.807) is 19.2 Å². The van der Waals surface area contributed by atoms with Crippen LogP contribution in [-0.4, -0.2) is 29.7 Å². The van der Waals surface area contributed by atoms with Crippen molar-refractivity contribution in [1.29, 1.82) is 0 Å². The van der Waals surface area contributed by atoms with Gasteiger partial charge in [0.2, 0.25) is 0 Å². The van der Waals surface area contributed by atoms with Crippen molar-refractivity contribution in [2.45, 2.75) is 6.92 Å². The average molecular weight is 195 g/mol. The van der Waals surface area contributed by atoms with Gasteiger partial charge in [-0.2, -0.15) is 0 Å². The number of nitrogens with zero attached hydrogens (tertiary/aromatic N) is 2. The van der Waals surface area contributed by atoms with Gasteiger partial charge in [0.1, 0.15) is 6.54 Å². The third-order valence-electron chi connectivity index (χ3n) is 1.78. The lowest BCUT2D eigenvalue weighted by molar-refractivity contribution is -0.135. The summed E-state index contributed by atoms with van der Waals surface area (Å²) in [5.74, 6) is -0.400. The Morgan fingerprint density at radius 2 is 2.29 bits per heavy atom. The number of nitrogen functional groups attached to an aromatic ring is 1. The molecule has 1 aromatic rings. The van der Waals surface area contributed by atoms with E-state index in [4.69, 9.17) is 10.8 Å². The summed E-state index contributed by atoms with van der Waals surface area (Å²) < 4.78 is 0. The normalized spacial score (nSPS) is 9.86. The van der Waals surface area contributed by atoms with E-state index in [0.29, 0.717) is 11.5 Å². The predicted molar refractivity (Wildman–Crippen MR) is 54.3 cm³/mol. The van der Waals surface area contributed by atoms with Gasteiger partial charge in [-0.3, -0.25) is 4.79 Å². The summed E-state index contributed by atoms with van der Waals surface area (Å²) in [7, 11) is 1.65. The highest BCUT2D eigenvalue weighted by molar-refractivity contribution is 5.75. The molecule has 0 unspecified atom stereocenters. The van der Waals surface area contributed by atoms with Crippen molar-refractivity contribution in [1.82, 2.24) is 4.98 Å². The number of carbonyl (C=O) groups is 1. The minimum atomic E-state index is -0.907. The molecular formula is C9H13N3O2. The van der Waals surface area contributed by atoms with Crippen LogP contribution in [0.5, 0.6) is 0 Å². The summed E-state index contributed by atoms with van der Waals surface area (Å²) in [6.45, 7) is 1.72. The largest absolute Gasteiger partial charge is 0.480 e. The molecule has 0 aliphatic heterocycles. The van der Waals surface area contributed by atoms with Crippen LogP contribution >= 0.6 is 0 Å². The summed E-state index contributed by atoms with van der Waals surface area (Å²) in [5.41, 5.74) is 6.97. The van der Waals surface area contributed by atoms with Crippen molar-refractivity contribution < 1.29 is 9.90 Å². The van der Waals surface area contributed by atoms with Crippen LogP contribution < -0.4 is 10.6 Å². The van der Waals surface area contributed by atoms with Gasteiger partial charge in [-0.1, -0.05) is 0 Å². The summed E-state index contributed by atoms with van der Waals surface area (Å²) in [4.78, 5) is 16.1. The van der Waals surface area contributed by atoms with Crippen LogP contribution in [0.2, 0.25) is 0 Å². The van der Waals surface area contributed by atoms with E-state index in [0.717, 1.165) is 5.69 Å². The molecule has 0 amide bonds. The SMILES string of the molecule is Cc1ccc(N)c(N(C)CC(=O)O)n1. The number of nitrogens with two attached hydrogens (primary N) is 1. The number of likely N-dealkylation sites (N-methyl/N-ethyl adjacent to an activating group) is 1. The Labute approximate surface area is 82.2 Å². The fraction of sp³-hybridized carbons (Fsp3) is 0.333. The quantitative estimate of drug-likeness (QED) is 0.733. The molecule has 0 atom stereocenters. The molecule has 0 spiro atoms. The number of carboxylic acid groups (broad SMARTS) is 1. The van der Waals surface area contributed by atoms with Crippen molar-refractivity contribution in [2.75, 3.05) is 24.2 Å². The van der Waals surface area contributed by atoms with E-state index in [1.807, 2.05) is 6.92 Å². The number of hydrogen-bond donors (Lipinski definition) is 2. The Bertz CT molecular complexity index is 352. The summed E-state index contributed by atoms with van der Waals surface area (Å²) in [6.07, 6.45) is 0. The minimum absolute atomic E-state index is 0.110. The summed E-state index contributed by atoms with van der Waals surface area (Å²) >= 11 is 0. The van der Waals surface area contributed by atoms with Crippen molar-refractivity contribution in [3.05, 3.63) is 17.8 Å². The molecule has 0 aliphatic rings. The van der Waals surface area contributed by atoms with Gasteiger partial charge in [-0.25, -0.2) is 4.98 Å². The van der Waals surface area contributed by atoms with Gasteiger partial charge in [0.15, 0.2) is 5.82 Å². The maximum Gasteiger partial charge on any atom is 0.323 e. The third kappa shape index (κ3) is 2.35. The molecule has 0 radical (unpaired) electrons. The minimum Gasteiger partial charge on any atom is -0.480 e. The first kappa shape index (κ1) is 10.3. The molecule has 0 aromatic carbocycles. The Hall–Kier alpha value is -1.78. The molecule has 5 nitrogen and oxygen atoms in total. The molecule has 1 rings (SSSR count). The lowest BCUT2D eigenvalue weighted by Gasteiger charge is -2.17. The van der Waals surface area contributed by atoms with Gasteiger partial charge in [-0.15, -0.1) is 0 Å². The molecule has 14 heavy (non-hydrogen) atoms. The lowest BCUT2D eigenvalue weighted by Crippen LogP contribution is -2.26. The lowest BCUT2D eigenvalue weighted by atomic mass is 10.3. The molecule has 0 fully saturated rings. The molecule has 0 bridgehead atoms. The van der Waals surface area contributed by atoms with Gasteiger partial charge >= 0.3 is 5.97 Å². The zero-order chi connectivity index (χ0) is 10.7. The van der Waals surface area contributed by atoms with Crippen molar-refractivity contribution in [3.8, 4) is 0 Å². The number of hydrogen-bond acceptors (Lipinski definition) is 4. The molecule has 0 saturated heterocycles. The number of rotatable bonds is 3. The number of aliphatic carboxylic acids is 1. The molecule has 76 valence electrons. The fourth-order valence-electron chi connectivity index (χ4n) is 1.14. The van der Waals surface area contributed by atoms with E-state index >= 15 is 0 Å². The van der Waals surface area contributed by atoms with Gasteiger partial charge < -0.3 is 15.7 Å². The second-order valence-electron chi connectivity index (χ2n) is 3.12. The molecule has 0 aliphatic carbocycles. The van der Waals surface area contributed by atoms with Crippen LogP contribution in [0.15, 0.2) is 12.1 Å². The van der Waals surface area contributed by atoms with E-state index in [2.05, 4.69) is 4.98 Å².